The molecule has 5 nitrogen and oxygen atoms in total. The highest BCUT2D eigenvalue weighted by Crippen LogP contribution is 2.44. The molecule has 2 aliphatic heterocycles. The van der Waals surface area contributed by atoms with E-state index >= 15 is 0 Å². The second-order valence-electron chi connectivity index (χ2n) is 10.5. The lowest BCUT2D eigenvalue weighted by molar-refractivity contribution is 0.0700. The molecule has 0 bridgehead atoms. The van der Waals surface area contributed by atoms with E-state index in [2.05, 4.69) is 43.9 Å². The number of rotatable bonds is 9. The predicted octanol–water partition coefficient (Wildman–Crippen LogP) is 7.77. The molecule has 4 aromatic rings. The van der Waals surface area contributed by atoms with E-state index in [9.17, 15) is 9.90 Å². The van der Waals surface area contributed by atoms with Gasteiger partial charge in [-0.15, -0.1) is 11.3 Å². The quantitative estimate of drug-likeness (QED) is 0.211. The summed E-state index contributed by atoms with van der Waals surface area (Å²) in [6.07, 6.45) is 5.09. The summed E-state index contributed by atoms with van der Waals surface area (Å²) >= 11 is 5.33. The lowest BCUT2D eigenvalue weighted by Crippen LogP contribution is -2.25. The van der Waals surface area contributed by atoms with Crippen LogP contribution in [-0.4, -0.2) is 60.2 Å². The number of halogens is 1. The average Bonchev–Trinajstić information content (AvgIpc) is 3.71. The normalized spacial score (nSPS) is 16.3. The minimum Gasteiger partial charge on any atom is -0.492 e. The molecule has 0 saturated carbocycles. The molecule has 0 spiro atoms. The molecule has 2 fully saturated rings. The summed E-state index contributed by atoms with van der Waals surface area (Å²) in [5.41, 5.74) is 4.49. The molecule has 2 aliphatic rings. The first kappa shape index (κ1) is 26.5. The summed E-state index contributed by atoms with van der Waals surface area (Å²) in [5.74, 6) is -0.0881. The van der Waals surface area contributed by atoms with Crippen LogP contribution in [0, 0.1) is 0 Å². The molecule has 3 aromatic carbocycles. The lowest BCUT2D eigenvalue weighted by Gasteiger charge is -2.16. The molecule has 39 heavy (non-hydrogen) atoms. The zero-order valence-corrected chi connectivity index (χ0v) is 24.4. The van der Waals surface area contributed by atoms with Crippen molar-refractivity contribution in [3.63, 3.8) is 0 Å². The Hall–Kier alpha value is -2.71. The fourth-order valence-corrected chi connectivity index (χ4v) is 7.55. The Morgan fingerprint density at radius 3 is 2.28 bits per heavy atom. The van der Waals surface area contributed by atoms with Gasteiger partial charge < -0.3 is 9.84 Å². The van der Waals surface area contributed by atoms with Crippen molar-refractivity contribution in [3.8, 4) is 27.3 Å². The third kappa shape index (κ3) is 5.78. The number of hydrogen-bond acceptors (Lipinski definition) is 5. The highest BCUT2D eigenvalue weighted by Gasteiger charge is 2.23. The van der Waals surface area contributed by atoms with Crippen LogP contribution < -0.4 is 4.74 Å². The number of fused-ring (bicyclic) bond motifs is 1. The van der Waals surface area contributed by atoms with E-state index in [1.165, 1.54) is 42.6 Å². The van der Waals surface area contributed by atoms with E-state index in [1.54, 1.807) is 0 Å². The second-order valence-corrected chi connectivity index (χ2v) is 12.4. The Morgan fingerprint density at radius 2 is 1.59 bits per heavy atom. The molecule has 0 unspecified atom stereocenters. The Bertz CT molecular complexity index is 1470. The van der Waals surface area contributed by atoms with Crippen LogP contribution in [0.15, 0.2) is 65.1 Å². The number of benzene rings is 3. The second kappa shape index (κ2) is 11.8. The van der Waals surface area contributed by atoms with Crippen LogP contribution in [0.4, 0.5) is 0 Å². The van der Waals surface area contributed by atoms with Gasteiger partial charge in [0.05, 0.1) is 10.4 Å². The maximum Gasteiger partial charge on any atom is 0.337 e. The van der Waals surface area contributed by atoms with Gasteiger partial charge in [-0.05, 0) is 111 Å². The summed E-state index contributed by atoms with van der Waals surface area (Å²) in [6, 6.07) is 20.4. The van der Waals surface area contributed by atoms with E-state index in [0.29, 0.717) is 12.2 Å². The number of thiophene rings is 1. The van der Waals surface area contributed by atoms with Crippen LogP contribution in [0.5, 0.6) is 5.75 Å². The van der Waals surface area contributed by atoms with Gasteiger partial charge >= 0.3 is 5.97 Å². The summed E-state index contributed by atoms with van der Waals surface area (Å²) < 4.78 is 8.01. The Kier molecular flexibility index (Phi) is 8.02. The van der Waals surface area contributed by atoms with Crippen LogP contribution in [-0.2, 0) is 6.54 Å². The van der Waals surface area contributed by atoms with Gasteiger partial charge in [-0.2, -0.15) is 0 Å². The summed E-state index contributed by atoms with van der Waals surface area (Å²) in [4.78, 5) is 18.4. The Morgan fingerprint density at radius 1 is 0.897 bits per heavy atom. The van der Waals surface area contributed by atoms with Crippen molar-refractivity contribution in [2.24, 2.45) is 0 Å². The maximum absolute atomic E-state index is 12.7. The first-order chi connectivity index (χ1) is 19.1. The van der Waals surface area contributed by atoms with Crippen molar-refractivity contribution >= 4 is 43.3 Å². The van der Waals surface area contributed by atoms with E-state index in [1.807, 2.05) is 42.5 Å². The minimum absolute atomic E-state index is 0.366. The molecule has 0 atom stereocenters. The smallest absolute Gasteiger partial charge is 0.337 e. The molecule has 3 heterocycles. The molecule has 7 heteroatoms. The number of aromatic carboxylic acids is 1. The third-order valence-corrected chi connectivity index (χ3v) is 9.82. The van der Waals surface area contributed by atoms with Gasteiger partial charge in [0.25, 0.3) is 0 Å². The molecular weight excluding hydrogens is 572 g/mol. The fraction of sp³-hybridized carbons (Fsp3) is 0.344. The first-order valence-electron chi connectivity index (χ1n) is 13.8. The predicted molar refractivity (Wildman–Crippen MR) is 163 cm³/mol. The molecular formula is C32H33BrN2O3S. The third-order valence-electron chi connectivity index (χ3n) is 7.88. The van der Waals surface area contributed by atoms with Crippen LogP contribution in [0.1, 0.15) is 41.6 Å². The number of carboxylic acids is 1. The SMILES string of the molecule is O=C(O)c1c(-c2ccc(OCCN3CCCC3)cc2)sc2cccc(-c3ccc(CN4CCCC4)c(Br)c3)c12. The van der Waals surface area contributed by atoms with Crippen molar-refractivity contribution in [2.75, 3.05) is 39.3 Å². The first-order valence-corrected chi connectivity index (χ1v) is 15.4. The summed E-state index contributed by atoms with van der Waals surface area (Å²) in [7, 11) is 0. The van der Waals surface area contributed by atoms with Crippen molar-refractivity contribution in [2.45, 2.75) is 32.2 Å². The molecule has 202 valence electrons. The fourth-order valence-electron chi connectivity index (χ4n) is 5.82. The number of hydrogen-bond donors (Lipinski definition) is 1. The minimum atomic E-state index is -0.903. The largest absolute Gasteiger partial charge is 0.492 e. The van der Waals surface area contributed by atoms with Gasteiger partial charge in [0.1, 0.15) is 12.4 Å². The number of carbonyl (C=O) groups is 1. The van der Waals surface area contributed by atoms with Gasteiger partial charge in [-0.3, -0.25) is 9.80 Å². The Balaban J connectivity index is 1.29. The van der Waals surface area contributed by atoms with Gasteiger partial charge in [-0.25, -0.2) is 4.79 Å². The number of carboxylic acid groups (broad SMARTS) is 1. The monoisotopic (exact) mass is 604 g/mol. The molecule has 1 N–H and O–H groups in total. The highest BCUT2D eigenvalue weighted by molar-refractivity contribution is 9.10. The van der Waals surface area contributed by atoms with Crippen LogP contribution in [0.25, 0.3) is 31.7 Å². The van der Waals surface area contributed by atoms with Gasteiger partial charge in [-0.1, -0.05) is 40.2 Å². The topological polar surface area (TPSA) is 53.0 Å². The zero-order valence-electron chi connectivity index (χ0n) is 22.0. The van der Waals surface area contributed by atoms with E-state index < -0.39 is 5.97 Å². The van der Waals surface area contributed by atoms with Gasteiger partial charge in [0, 0.05) is 27.6 Å². The number of ether oxygens (including phenoxy) is 1. The molecule has 6 rings (SSSR count). The molecule has 1 aromatic heterocycles. The van der Waals surface area contributed by atoms with Crippen molar-refractivity contribution < 1.29 is 14.6 Å². The zero-order chi connectivity index (χ0) is 26.8. The molecule has 2 saturated heterocycles. The lowest BCUT2D eigenvalue weighted by atomic mass is 9.96. The maximum atomic E-state index is 12.7. The molecule has 0 radical (unpaired) electrons. The molecule has 0 aliphatic carbocycles. The van der Waals surface area contributed by atoms with Crippen LogP contribution >= 0.6 is 27.3 Å². The Labute approximate surface area is 242 Å². The highest BCUT2D eigenvalue weighted by atomic mass is 79.9. The standard InChI is InChI=1S/C32H33BrN2O3S/c33-27-20-23(8-9-24(27)21-35-16-3-4-17-35)26-6-5-7-28-29(26)30(32(36)37)31(39-28)22-10-12-25(13-11-22)38-19-18-34-14-1-2-15-34/h5-13,20H,1-4,14-19,21H2,(H,36,37). The van der Waals surface area contributed by atoms with Crippen molar-refractivity contribution in [1.29, 1.82) is 0 Å². The number of nitrogens with zero attached hydrogens (tertiary/aromatic N) is 2. The summed E-state index contributed by atoms with van der Waals surface area (Å²) in [5, 5.41) is 11.2. The number of likely N-dealkylation sites (tertiary alicyclic amines) is 2. The van der Waals surface area contributed by atoms with E-state index in [0.717, 1.165) is 81.1 Å². The van der Waals surface area contributed by atoms with E-state index in [4.69, 9.17) is 4.74 Å². The summed E-state index contributed by atoms with van der Waals surface area (Å²) in [6.45, 7) is 7.17. The van der Waals surface area contributed by atoms with Crippen LogP contribution in [0.3, 0.4) is 0 Å². The van der Waals surface area contributed by atoms with Crippen molar-refractivity contribution in [3.05, 3.63) is 76.3 Å². The molecule has 0 amide bonds. The van der Waals surface area contributed by atoms with Gasteiger partial charge in [0.15, 0.2) is 0 Å². The van der Waals surface area contributed by atoms with Crippen LogP contribution in [0.2, 0.25) is 0 Å². The average molecular weight is 606 g/mol. The van der Waals surface area contributed by atoms with E-state index in [-0.39, 0.29) is 0 Å². The van der Waals surface area contributed by atoms with Gasteiger partial charge in [0.2, 0.25) is 0 Å². The van der Waals surface area contributed by atoms with Crippen molar-refractivity contribution in [1.82, 2.24) is 9.80 Å².